The van der Waals surface area contributed by atoms with Crippen molar-refractivity contribution in [1.29, 1.82) is 0 Å². The average molecular weight is 244 g/mol. The fourth-order valence-electron chi connectivity index (χ4n) is 2.17. The Hall–Kier alpha value is 0.270. The Bertz CT molecular complexity index is 145. The smallest absolute Gasteiger partial charge is 0.0107 e. The number of likely N-dealkylation sites (tertiary alicyclic amines) is 1. The fraction of sp³-hybridized carbons (Fsp3) is 1.00. The molecule has 0 bridgehead atoms. The predicted octanol–water partition coefficient (Wildman–Crippen LogP) is 2.60. The van der Waals surface area contributed by atoms with Gasteiger partial charge in [-0.15, -0.1) is 0 Å². The van der Waals surface area contributed by atoms with E-state index in [1.807, 2.05) is 11.8 Å². The first-order valence-corrected chi connectivity index (χ1v) is 8.09. The van der Waals surface area contributed by atoms with Crippen molar-refractivity contribution in [3.05, 3.63) is 0 Å². The highest BCUT2D eigenvalue weighted by Gasteiger charge is 2.07. The zero-order valence-electron chi connectivity index (χ0n) is 10.8. The molecule has 3 heteroatoms. The Morgan fingerprint density at radius 3 is 2.50 bits per heavy atom. The van der Waals surface area contributed by atoms with Crippen LogP contribution < -0.4 is 5.32 Å². The van der Waals surface area contributed by atoms with Crippen molar-refractivity contribution in [1.82, 2.24) is 10.2 Å². The van der Waals surface area contributed by atoms with Crippen LogP contribution in [-0.4, -0.2) is 49.1 Å². The van der Waals surface area contributed by atoms with E-state index in [1.165, 1.54) is 76.3 Å². The quantitative estimate of drug-likeness (QED) is 0.661. The number of nitrogens with zero attached hydrogens (tertiary/aromatic N) is 1. The Kier molecular flexibility index (Phi) is 9.34. The lowest BCUT2D eigenvalue weighted by atomic mass is 10.2. The van der Waals surface area contributed by atoms with Gasteiger partial charge in [0.2, 0.25) is 0 Å². The SMILES string of the molecule is CCSCCCNCCN1CCCCCC1. The molecule has 0 aromatic rings. The third-order valence-corrected chi connectivity index (χ3v) is 4.14. The maximum atomic E-state index is 3.56. The van der Waals surface area contributed by atoms with Crippen molar-refractivity contribution >= 4 is 11.8 Å². The molecule has 1 saturated heterocycles. The molecule has 96 valence electrons. The van der Waals surface area contributed by atoms with Crippen LogP contribution in [0.4, 0.5) is 0 Å². The number of nitrogens with one attached hydrogen (secondary N) is 1. The van der Waals surface area contributed by atoms with Crippen molar-refractivity contribution in [3.8, 4) is 0 Å². The summed E-state index contributed by atoms with van der Waals surface area (Å²) in [5, 5.41) is 3.56. The first-order chi connectivity index (χ1) is 7.93. The molecule has 0 amide bonds. The maximum Gasteiger partial charge on any atom is 0.0107 e. The molecule has 1 rings (SSSR count). The molecule has 2 nitrogen and oxygen atoms in total. The van der Waals surface area contributed by atoms with Crippen LogP contribution >= 0.6 is 11.8 Å². The van der Waals surface area contributed by atoms with Crippen LogP contribution in [0.15, 0.2) is 0 Å². The summed E-state index contributed by atoms with van der Waals surface area (Å²) in [6.07, 6.45) is 7.02. The Morgan fingerprint density at radius 2 is 1.81 bits per heavy atom. The van der Waals surface area contributed by atoms with Crippen molar-refractivity contribution in [2.24, 2.45) is 0 Å². The summed E-state index contributed by atoms with van der Waals surface area (Å²) in [6.45, 7) is 8.51. The van der Waals surface area contributed by atoms with Gasteiger partial charge in [-0.25, -0.2) is 0 Å². The zero-order chi connectivity index (χ0) is 11.5. The Labute approximate surface area is 106 Å². The molecule has 1 heterocycles. The van der Waals surface area contributed by atoms with E-state index in [0.29, 0.717) is 0 Å². The third kappa shape index (κ3) is 7.53. The van der Waals surface area contributed by atoms with Gasteiger partial charge in [-0.1, -0.05) is 19.8 Å². The molecular weight excluding hydrogens is 216 g/mol. The molecular formula is C13H28N2S. The fourth-order valence-corrected chi connectivity index (χ4v) is 2.80. The average Bonchev–Trinajstić information content (AvgIpc) is 2.56. The van der Waals surface area contributed by atoms with Crippen molar-refractivity contribution < 1.29 is 0 Å². The van der Waals surface area contributed by atoms with Crippen LogP contribution in [0.3, 0.4) is 0 Å². The lowest BCUT2D eigenvalue weighted by molar-refractivity contribution is 0.284. The minimum absolute atomic E-state index is 1.18. The molecule has 16 heavy (non-hydrogen) atoms. The lowest BCUT2D eigenvalue weighted by Crippen LogP contribution is -2.33. The zero-order valence-corrected chi connectivity index (χ0v) is 11.7. The molecule has 0 atom stereocenters. The normalized spacial score (nSPS) is 18.6. The van der Waals surface area contributed by atoms with Crippen LogP contribution in [0.5, 0.6) is 0 Å². The van der Waals surface area contributed by atoms with Gasteiger partial charge in [0.25, 0.3) is 0 Å². The van der Waals surface area contributed by atoms with Gasteiger partial charge < -0.3 is 10.2 Å². The molecule has 0 saturated carbocycles. The highest BCUT2D eigenvalue weighted by molar-refractivity contribution is 7.99. The summed E-state index contributed by atoms with van der Waals surface area (Å²) in [4.78, 5) is 2.63. The van der Waals surface area contributed by atoms with Gasteiger partial charge in [0.15, 0.2) is 0 Å². The lowest BCUT2D eigenvalue weighted by Gasteiger charge is -2.19. The highest BCUT2D eigenvalue weighted by Crippen LogP contribution is 2.08. The molecule has 0 spiro atoms. The van der Waals surface area contributed by atoms with Gasteiger partial charge in [-0.2, -0.15) is 11.8 Å². The summed E-state index contributed by atoms with van der Waals surface area (Å²) >= 11 is 2.05. The van der Waals surface area contributed by atoms with E-state index >= 15 is 0 Å². The summed E-state index contributed by atoms with van der Waals surface area (Å²) in [5.41, 5.74) is 0. The van der Waals surface area contributed by atoms with Crippen LogP contribution in [0.25, 0.3) is 0 Å². The second-order valence-corrected chi connectivity index (χ2v) is 5.95. The molecule has 0 unspecified atom stereocenters. The van der Waals surface area contributed by atoms with E-state index in [0.717, 1.165) is 0 Å². The second kappa shape index (κ2) is 10.4. The van der Waals surface area contributed by atoms with E-state index in [9.17, 15) is 0 Å². The molecule has 0 aromatic heterocycles. The maximum absolute atomic E-state index is 3.56. The third-order valence-electron chi connectivity index (χ3n) is 3.15. The van der Waals surface area contributed by atoms with Gasteiger partial charge in [0.05, 0.1) is 0 Å². The van der Waals surface area contributed by atoms with Gasteiger partial charge in [-0.05, 0) is 50.4 Å². The standard InChI is InChI=1S/C13H28N2S/c1-2-16-13-7-8-14-9-12-15-10-5-3-4-6-11-15/h14H,2-13H2,1H3. The van der Waals surface area contributed by atoms with E-state index in [2.05, 4.69) is 17.1 Å². The first-order valence-electron chi connectivity index (χ1n) is 6.94. The molecule has 0 aliphatic carbocycles. The molecule has 0 aromatic carbocycles. The minimum Gasteiger partial charge on any atom is -0.315 e. The highest BCUT2D eigenvalue weighted by atomic mass is 32.2. The summed E-state index contributed by atoms with van der Waals surface area (Å²) in [7, 11) is 0. The van der Waals surface area contributed by atoms with Crippen LogP contribution in [0, 0.1) is 0 Å². The van der Waals surface area contributed by atoms with Crippen molar-refractivity contribution in [2.45, 2.75) is 39.0 Å². The van der Waals surface area contributed by atoms with Crippen molar-refractivity contribution in [2.75, 3.05) is 44.2 Å². The number of rotatable bonds is 8. The Balaban J connectivity index is 1.86. The van der Waals surface area contributed by atoms with Crippen LogP contribution in [-0.2, 0) is 0 Å². The van der Waals surface area contributed by atoms with Crippen LogP contribution in [0.2, 0.25) is 0 Å². The molecule has 1 aliphatic rings. The minimum atomic E-state index is 1.18. The summed E-state index contributed by atoms with van der Waals surface area (Å²) in [6, 6.07) is 0. The molecule has 1 aliphatic heterocycles. The van der Waals surface area contributed by atoms with E-state index in [1.54, 1.807) is 0 Å². The van der Waals surface area contributed by atoms with Gasteiger partial charge in [0.1, 0.15) is 0 Å². The second-order valence-electron chi connectivity index (χ2n) is 4.56. The number of thioether (sulfide) groups is 1. The number of hydrogen-bond donors (Lipinski definition) is 1. The Morgan fingerprint density at radius 1 is 1.06 bits per heavy atom. The molecule has 1 fully saturated rings. The van der Waals surface area contributed by atoms with E-state index < -0.39 is 0 Å². The van der Waals surface area contributed by atoms with Gasteiger partial charge in [-0.3, -0.25) is 0 Å². The topological polar surface area (TPSA) is 15.3 Å². The summed E-state index contributed by atoms with van der Waals surface area (Å²) in [5.74, 6) is 2.57. The summed E-state index contributed by atoms with van der Waals surface area (Å²) < 4.78 is 0. The monoisotopic (exact) mass is 244 g/mol. The van der Waals surface area contributed by atoms with Gasteiger partial charge >= 0.3 is 0 Å². The molecule has 1 N–H and O–H groups in total. The van der Waals surface area contributed by atoms with Crippen LogP contribution in [0.1, 0.15) is 39.0 Å². The predicted molar refractivity (Wildman–Crippen MR) is 75.4 cm³/mol. The van der Waals surface area contributed by atoms with Gasteiger partial charge in [0, 0.05) is 13.1 Å². The molecule has 0 radical (unpaired) electrons. The van der Waals surface area contributed by atoms with E-state index in [-0.39, 0.29) is 0 Å². The number of hydrogen-bond acceptors (Lipinski definition) is 3. The largest absolute Gasteiger partial charge is 0.315 e. The van der Waals surface area contributed by atoms with Crippen molar-refractivity contribution in [3.63, 3.8) is 0 Å². The van der Waals surface area contributed by atoms with E-state index in [4.69, 9.17) is 0 Å². The first kappa shape index (κ1) is 14.3.